The SMILES string of the molecule is CC1CC(Nc2ccccc2)c2ccccc2N1C(=O)c1ccccc1Cl. The van der Waals surface area contributed by atoms with Crippen LogP contribution in [0.2, 0.25) is 5.02 Å². The molecule has 0 spiro atoms. The summed E-state index contributed by atoms with van der Waals surface area (Å²) < 4.78 is 0. The standard InChI is InChI=1S/C23H21ClN2O/c1-16-15-21(25-17-9-3-2-4-10-17)19-12-6-8-14-22(19)26(16)23(27)18-11-5-7-13-20(18)24/h2-14,16,21,25H,15H2,1H3. The minimum absolute atomic E-state index is 0.0462. The third-order valence-electron chi connectivity index (χ3n) is 5.03. The summed E-state index contributed by atoms with van der Waals surface area (Å²) in [5, 5.41) is 4.10. The van der Waals surface area contributed by atoms with E-state index in [2.05, 4.69) is 30.4 Å². The summed E-state index contributed by atoms with van der Waals surface area (Å²) in [6.07, 6.45) is 0.822. The van der Waals surface area contributed by atoms with Gasteiger partial charge in [-0.3, -0.25) is 4.79 Å². The van der Waals surface area contributed by atoms with E-state index >= 15 is 0 Å². The fourth-order valence-electron chi connectivity index (χ4n) is 3.76. The van der Waals surface area contributed by atoms with E-state index in [0.717, 1.165) is 23.4 Å². The fourth-order valence-corrected chi connectivity index (χ4v) is 3.98. The lowest BCUT2D eigenvalue weighted by Crippen LogP contribution is -2.44. The van der Waals surface area contributed by atoms with Crippen LogP contribution in [0.25, 0.3) is 0 Å². The maximum absolute atomic E-state index is 13.3. The molecule has 27 heavy (non-hydrogen) atoms. The van der Waals surface area contributed by atoms with Gasteiger partial charge in [0, 0.05) is 17.4 Å². The number of hydrogen-bond donors (Lipinski definition) is 1. The van der Waals surface area contributed by atoms with Gasteiger partial charge in [-0.05, 0) is 49.2 Å². The van der Waals surface area contributed by atoms with Crippen molar-refractivity contribution in [2.24, 2.45) is 0 Å². The van der Waals surface area contributed by atoms with Crippen molar-refractivity contribution in [3.63, 3.8) is 0 Å². The van der Waals surface area contributed by atoms with Crippen LogP contribution in [-0.2, 0) is 0 Å². The van der Waals surface area contributed by atoms with Gasteiger partial charge < -0.3 is 10.2 Å². The van der Waals surface area contributed by atoms with Crippen molar-refractivity contribution in [1.29, 1.82) is 0 Å². The van der Waals surface area contributed by atoms with Crippen molar-refractivity contribution in [3.8, 4) is 0 Å². The minimum Gasteiger partial charge on any atom is -0.378 e. The highest BCUT2D eigenvalue weighted by molar-refractivity contribution is 6.34. The van der Waals surface area contributed by atoms with E-state index in [1.54, 1.807) is 12.1 Å². The Morgan fingerprint density at radius 3 is 2.41 bits per heavy atom. The van der Waals surface area contributed by atoms with Gasteiger partial charge in [-0.2, -0.15) is 0 Å². The first-order chi connectivity index (χ1) is 13.1. The number of halogens is 1. The molecule has 0 saturated heterocycles. The predicted octanol–water partition coefficient (Wildman–Crippen LogP) is 5.93. The van der Waals surface area contributed by atoms with Crippen molar-refractivity contribution < 1.29 is 4.79 Å². The molecule has 0 saturated carbocycles. The third-order valence-corrected chi connectivity index (χ3v) is 5.36. The van der Waals surface area contributed by atoms with E-state index in [1.165, 1.54) is 0 Å². The average molecular weight is 377 g/mol. The molecule has 3 nitrogen and oxygen atoms in total. The first-order valence-electron chi connectivity index (χ1n) is 9.14. The van der Waals surface area contributed by atoms with Crippen LogP contribution in [0.15, 0.2) is 78.9 Å². The van der Waals surface area contributed by atoms with Crippen molar-refractivity contribution in [1.82, 2.24) is 0 Å². The van der Waals surface area contributed by atoms with E-state index in [9.17, 15) is 4.79 Å². The second-order valence-electron chi connectivity index (χ2n) is 6.86. The van der Waals surface area contributed by atoms with E-state index in [0.29, 0.717) is 10.6 Å². The molecule has 3 aromatic carbocycles. The number of amides is 1. The third kappa shape index (κ3) is 3.43. The number of benzene rings is 3. The molecule has 0 fully saturated rings. The minimum atomic E-state index is -0.0567. The number of hydrogen-bond acceptors (Lipinski definition) is 2. The molecular formula is C23H21ClN2O. The van der Waals surface area contributed by atoms with Crippen LogP contribution in [0.1, 0.15) is 35.3 Å². The zero-order chi connectivity index (χ0) is 18.8. The summed E-state index contributed by atoms with van der Waals surface area (Å²) in [6.45, 7) is 2.09. The number of rotatable bonds is 3. The summed E-state index contributed by atoms with van der Waals surface area (Å²) >= 11 is 6.29. The normalized spacial score (nSPS) is 18.7. The predicted molar refractivity (Wildman–Crippen MR) is 112 cm³/mol. The maximum Gasteiger partial charge on any atom is 0.260 e. The molecule has 1 N–H and O–H groups in total. The Kier molecular flexibility index (Phi) is 4.87. The summed E-state index contributed by atoms with van der Waals surface area (Å²) in [5.74, 6) is -0.0567. The van der Waals surface area contributed by atoms with Crippen molar-refractivity contribution in [3.05, 3.63) is 95.0 Å². The Morgan fingerprint density at radius 1 is 0.963 bits per heavy atom. The molecule has 136 valence electrons. The monoisotopic (exact) mass is 376 g/mol. The lowest BCUT2D eigenvalue weighted by Gasteiger charge is -2.40. The molecule has 0 bridgehead atoms. The molecule has 0 aromatic heterocycles. The molecule has 0 aliphatic carbocycles. The van der Waals surface area contributed by atoms with Crippen molar-refractivity contribution in [2.75, 3.05) is 10.2 Å². The highest BCUT2D eigenvalue weighted by Crippen LogP contribution is 2.40. The second-order valence-corrected chi connectivity index (χ2v) is 7.27. The van der Waals surface area contributed by atoms with Crippen LogP contribution in [-0.4, -0.2) is 11.9 Å². The van der Waals surface area contributed by atoms with Crippen LogP contribution in [0.3, 0.4) is 0 Å². The summed E-state index contributed by atoms with van der Waals surface area (Å²) in [5.41, 5.74) is 3.68. The Balaban J connectivity index is 1.71. The number of nitrogens with zero attached hydrogens (tertiary/aromatic N) is 1. The zero-order valence-corrected chi connectivity index (χ0v) is 15.9. The highest BCUT2D eigenvalue weighted by Gasteiger charge is 2.34. The molecule has 2 atom stereocenters. The lowest BCUT2D eigenvalue weighted by molar-refractivity contribution is 0.0974. The van der Waals surface area contributed by atoms with Gasteiger partial charge in [-0.15, -0.1) is 0 Å². The Morgan fingerprint density at radius 2 is 1.63 bits per heavy atom. The van der Waals surface area contributed by atoms with Gasteiger partial charge in [0.2, 0.25) is 0 Å². The molecule has 1 heterocycles. The first-order valence-corrected chi connectivity index (χ1v) is 9.51. The van der Waals surface area contributed by atoms with Gasteiger partial charge in [-0.1, -0.05) is 60.1 Å². The van der Waals surface area contributed by atoms with Gasteiger partial charge in [0.05, 0.1) is 16.6 Å². The number of anilines is 2. The fraction of sp³-hybridized carbons (Fsp3) is 0.174. The summed E-state index contributed by atoms with van der Waals surface area (Å²) in [4.78, 5) is 15.2. The van der Waals surface area contributed by atoms with E-state index in [-0.39, 0.29) is 18.0 Å². The Labute approximate surface area is 164 Å². The number of para-hydroxylation sites is 2. The molecule has 4 heteroatoms. The summed E-state index contributed by atoms with van der Waals surface area (Å²) in [6, 6.07) is 25.7. The second kappa shape index (κ2) is 7.45. The molecular weight excluding hydrogens is 356 g/mol. The smallest absolute Gasteiger partial charge is 0.260 e. The highest BCUT2D eigenvalue weighted by atomic mass is 35.5. The molecule has 3 aromatic rings. The van der Waals surface area contributed by atoms with Gasteiger partial charge in [-0.25, -0.2) is 0 Å². The Bertz CT molecular complexity index is 957. The molecule has 1 amide bonds. The molecule has 2 unspecified atom stereocenters. The van der Waals surface area contributed by atoms with Crippen LogP contribution in [0.4, 0.5) is 11.4 Å². The topological polar surface area (TPSA) is 32.3 Å². The Hall–Kier alpha value is -2.78. The van der Waals surface area contributed by atoms with Crippen LogP contribution < -0.4 is 10.2 Å². The molecule has 1 aliphatic rings. The van der Waals surface area contributed by atoms with Gasteiger partial charge >= 0.3 is 0 Å². The van der Waals surface area contributed by atoms with Crippen LogP contribution >= 0.6 is 11.6 Å². The molecule has 4 rings (SSSR count). The quantitative estimate of drug-likeness (QED) is 0.614. The average Bonchev–Trinajstić information content (AvgIpc) is 2.69. The van der Waals surface area contributed by atoms with Crippen molar-refractivity contribution >= 4 is 28.9 Å². The van der Waals surface area contributed by atoms with E-state index in [4.69, 9.17) is 11.6 Å². The number of fused-ring (bicyclic) bond motifs is 1. The van der Waals surface area contributed by atoms with Gasteiger partial charge in [0.1, 0.15) is 0 Å². The number of carbonyl (C=O) groups is 1. The lowest BCUT2D eigenvalue weighted by atomic mass is 9.90. The van der Waals surface area contributed by atoms with E-state index in [1.807, 2.05) is 53.4 Å². The van der Waals surface area contributed by atoms with Crippen LogP contribution in [0.5, 0.6) is 0 Å². The zero-order valence-electron chi connectivity index (χ0n) is 15.1. The largest absolute Gasteiger partial charge is 0.378 e. The van der Waals surface area contributed by atoms with Gasteiger partial charge in [0.15, 0.2) is 0 Å². The molecule has 1 aliphatic heterocycles. The first kappa shape index (κ1) is 17.6. The van der Waals surface area contributed by atoms with Crippen LogP contribution in [0, 0.1) is 0 Å². The number of carbonyl (C=O) groups excluding carboxylic acids is 1. The summed E-state index contributed by atoms with van der Waals surface area (Å²) in [7, 11) is 0. The van der Waals surface area contributed by atoms with Gasteiger partial charge in [0.25, 0.3) is 5.91 Å². The van der Waals surface area contributed by atoms with E-state index < -0.39 is 0 Å². The maximum atomic E-state index is 13.3. The van der Waals surface area contributed by atoms with Crippen molar-refractivity contribution in [2.45, 2.75) is 25.4 Å². The number of nitrogens with one attached hydrogen (secondary N) is 1. The molecule has 0 radical (unpaired) electrons.